The highest BCUT2D eigenvalue weighted by atomic mass is 32.2. The molecule has 124 valence electrons. The van der Waals surface area contributed by atoms with E-state index in [0.717, 1.165) is 28.9 Å². The van der Waals surface area contributed by atoms with Gasteiger partial charge in [-0.15, -0.1) is 11.8 Å². The average molecular weight is 358 g/mol. The molecule has 2 saturated carbocycles. The summed E-state index contributed by atoms with van der Waals surface area (Å²) in [5.41, 5.74) is 1.87. The fraction of sp³-hybridized carbons (Fsp3) is 0.471. The molecule has 2 fully saturated rings. The Bertz CT molecular complexity index is 790. The van der Waals surface area contributed by atoms with Crippen molar-refractivity contribution in [1.82, 2.24) is 14.8 Å². The van der Waals surface area contributed by atoms with E-state index < -0.39 is 0 Å². The lowest BCUT2D eigenvalue weighted by Crippen LogP contribution is -2.13. The second-order valence-electron chi connectivity index (χ2n) is 6.19. The number of thioether (sulfide) groups is 2. The molecular weight excluding hydrogens is 340 g/mol. The number of rotatable bonds is 6. The van der Waals surface area contributed by atoms with Gasteiger partial charge in [-0.1, -0.05) is 18.2 Å². The van der Waals surface area contributed by atoms with Crippen molar-refractivity contribution in [2.75, 3.05) is 5.08 Å². The Kier molecular flexibility index (Phi) is 4.42. The highest BCUT2D eigenvalue weighted by molar-refractivity contribution is 8.16. The van der Waals surface area contributed by atoms with E-state index in [2.05, 4.69) is 16.2 Å². The summed E-state index contributed by atoms with van der Waals surface area (Å²) < 4.78 is 1.98. The Morgan fingerprint density at radius 3 is 2.83 bits per heavy atom. The van der Waals surface area contributed by atoms with Gasteiger partial charge in [-0.05, 0) is 31.7 Å². The smallest absolute Gasteiger partial charge is 0.138 e. The Hall–Kier alpha value is -1.65. The van der Waals surface area contributed by atoms with Crippen LogP contribution in [0.4, 0.5) is 0 Å². The molecule has 0 bridgehead atoms. The predicted molar refractivity (Wildman–Crippen MR) is 96.1 cm³/mol. The molecule has 2 heterocycles. The van der Waals surface area contributed by atoms with E-state index >= 15 is 0 Å². The van der Waals surface area contributed by atoms with Crippen LogP contribution in [0.5, 0.6) is 5.75 Å². The second-order valence-corrected chi connectivity index (χ2v) is 8.81. The molecule has 5 nitrogen and oxygen atoms in total. The summed E-state index contributed by atoms with van der Waals surface area (Å²) in [5, 5.41) is 26.2. The second kappa shape index (κ2) is 6.69. The molecule has 2 aliphatic rings. The standard InChI is InChI=1S/C17H18N4OS2/c18-9-13-16(22)8-14(15-6-7-19-21(15)11-4-5-11)20-17(13)24-10-23-12-2-1-3-12/h6-8,11-12H,1-5,10H2,(H,20,22). The summed E-state index contributed by atoms with van der Waals surface area (Å²) in [6.45, 7) is 0. The van der Waals surface area contributed by atoms with Crippen LogP contribution in [-0.2, 0) is 0 Å². The third-order valence-corrected chi connectivity index (χ3v) is 6.98. The summed E-state index contributed by atoms with van der Waals surface area (Å²) >= 11 is 3.46. The van der Waals surface area contributed by atoms with Gasteiger partial charge >= 0.3 is 0 Å². The topological polar surface area (TPSA) is 74.7 Å². The predicted octanol–water partition coefficient (Wildman–Crippen LogP) is 4.19. The van der Waals surface area contributed by atoms with Crippen molar-refractivity contribution in [2.24, 2.45) is 0 Å². The van der Waals surface area contributed by atoms with Crippen LogP contribution in [0, 0.1) is 11.3 Å². The fourth-order valence-electron chi connectivity index (χ4n) is 2.70. The molecule has 24 heavy (non-hydrogen) atoms. The fourth-order valence-corrected chi connectivity index (χ4v) is 5.31. The molecule has 7 heteroatoms. The van der Waals surface area contributed by atoms with Gasteiger partial charge in [0.1, 0.15) is 22.4 Å². The molecule has 0 spiro atoms. The van der Waals surface area contributed by atoms with Crippen molar-refractivity contribution < 1.29 is 5.11 Å². The van der Waals surface area contributed by atoms with Crippen molar-refractivity contribution in [3.05, 3.63) is 23.9 Å². The first kappa shape index (κ1) is 15.9. The zero-order chi connectivity index (χ0) is 16.5. The highest BCUT2D eigenvalue weighted by Gasteiger charge is 2.27. The van der Waals surface area contributed by atoms with Gasteiger partial charge in [-0.25, -0.2) is 4.98 Å². The molecule has 0 amide bonds. The van der Waals surface area contributed by atoms with Gasteiger partial charge in [0.15, 0.2) is 0 Å². The summed E-state index contributed by atoms with van der Waals surface area (Å²) in [4.78, 5) is 4.66. The first-order valence-corrected chi connectivity index (χ1v) is 10.2. The highest BCUT2D eigenvalue weighted by Crippen LogP contribution is 2.40. The lowest BCUT2D eigenvalue weighted by Gasteiger charge is -2.24. The lowest BCUT2D eigenvalue weighted by molar-refractivity contribution is 0.470. The normalized spacial score (nSPS) is 17.5. The third-order valence-electron chi connectivity index (χ3n) is 4.45. The van der Waals surface area contributed by atoms with Gasteiger partial charge in [0.25, 0.3) is 0 Å². The minimum atomic E-state index is 0.00203. The van der Waals surface area contributed by atoms with Crippen molar-refractivity contribution >= 4 is 23.5 Å². The molecule has 2 aromatic rings. The number of nitrogens with zero attached hydrogens (tertiary/aromatic N) is 4. The molecule has 0 radical (unpaired) electrons. The average Bonchev–Trinajstić information content (AvgIpc) is 3.26. The minimum absolute atomic E-state index is 0.00203. The number of pyridine rings is 1. The zero-order valence-corrected chi connectivity index (χ0v) is 14.8. The monoisotopic (exact) mass is 358 g/mol. The molecule has 0 unspecified atom stereocenters. The van der Waals surface area contributed by atoms with E-state index in [1.165, 1.54) is 19.3 Å². The Morgan fingerprint density at radius 2 is 2.17 bits per heavy atom. The first-order valence-electron chi connectivity index (χ1n) is 8.18. The maximum absolute atomic E-state index is 10.3. The van der Waals surface area contributed by atoms with Crippen molar-refractivity contribution in [1.29, 1.82) is 5.26 Å². The van der Waals surface area contributed by atoms with Crippen LogP contribution in [0.15, 0.2) is 23.4 Å². The van der Waals surface area contributed by atoms with Crippen LogP contribution in [0.2, 0.25) is 0 Å². The maximum Gasteiger partial charge on any atom is 0.138 e. The molecular formula is C17H18N4OS2. The molecule has 0 aromatic carbocycles. The van der Waals surface area contributed by atoms with Crippen LogP contribution in [0.1, 0.15) is 43.7 Å². The van der Waals surface area contributed by atoms with E-state index in [9.17, 15) is 10.4 Å². The summed E-state index contributed by atoms with van der Waals surface area (Å²) in [6.07, 6.45) is 7.94. The molecule has 2 aliphatic carbocycles. The minimum Gasteiger partial charge on any atom is -0.506 e. The molecule has 0 aliphatic heterocycles. The molecule has 0 atom stereocenters. The quantitative estimate of drug-likeness (QED) is 0.616. The van der Waals surface area contributed by atoms with Gasteiger partial charge in [0, 0.05) is 22.6 Å². The molecule has 0 saturated heterocycles. The SMILES string of the molecule is N#Cc1c(O)cc(-c2ccnn2C2CC2)nc1SCSC1CCC1. The van der Waals surface area contributed by atoms with Crippen LogP contribution < -0.4 is 0 Å². The Labute approximate surface area is 149 Å². The number of aromatic nitrogens is 3. The van der Waals surface area contributed by atoms with Gasteiger partial charge in [-0.2, -0.15) is 10.4 Å². The van der Waals surface area contributed by atoms with Gasteiger partial charge in [0.2, 0.25) is 0 Å². The zero-order valence-electron chi connectivity index (χ0n) is 13.2. The van der Waals surface area contributed by atoms with E-state index in [0.29, 0.717) is 16.8 Å². The number of aromatic hydroxyl groups is 1. The Morgan fingerprint density at radius 1 is 1.33 bits per heavy atom. The number of hydrogen-bond acceptors (Lipinski definition) is 6. The van der Waals surface area contributed by atoms with Gasteiger partial charge in [0.05, 0.1) is 17.4 Å². The van der Waals surface area contributed by atoms with Gasteiger partial charge in [-0.3, -0.25) is 4.68 Å². The van der Waals surface area contributed by atoms with E-state index in [4.69, 9.17) is 0 Å². The summed E-state index contributed by atoms with van der Waals surface area (Å²) in [6, 6.07) is 6.03. The van der Waals surface area contributed by atoms with E-state index in [1.807, 2.05) is 22.5 Å². The summed E-state index contributed by atoms with van der Waals surface area (Å²) in [5.74, 6) is 0.00203. The molecule has 2 aromatic heterocycles. The van der Waals surface area contributed by atoms with Crippen LogP contribution in [0.25, 0.3) is 11.4 Å². The number of nitriles is 1. The largest absolute Gasteiger partial charge is 0.506 e. The number of hydrogen-bond donors (Lipinski definition) is 1. The van der Waals surface area contributed by atoms with Crippen molar-refractivity contribution in [3.8, 4) is 23.2 Å². The first-order chi connectivity index (χ1) is 11.8. The lowest BCUT2D eigenvalue weighted by atomic mass is 10.0. The third kappa shape index (κ3) is 3.13. The molecule has 1 N–H and O–H groups in total. The van der Waals surface area contributed by atoms with Crippen LogP contribution in [0.3, 0.4) is 0 Å². The van der Waals surface area contributed by atoms with Crippen molar-refractivity contribution in [2.45, 2.75) is 48.4 Å². The van der Waals surface area contributed by atoms with Crippen LogP contribution in [-0.4, -0.2) is 30.2 Å². The van der Waals surface area contributed by atoms with Crippen LogP contribution >= 0.6 is 23.5 Å². The maximum atomic E-state index is 10.3. The van der Waals surface area contributed by atoms with E-state index in [-0.39, 0.29) is 11.3 Å². The van der Waals surface area contributed by atoms with Gasteiger partial charge < -0.3 is 5.11 Å². The molecule has 4 rings (SSSR count). The van der Waals surface area contributed by atoms with E-state index in [1.54, 1.807) is 24.0 Å². The Balaban J connectivity index is 1.60. The summed E-state index contributed by atoms with van der Waals surface area (Å²) in [7, 11) is 0. The van der Waals surface area contributed by atoms with Crippen molar-refractivity contribution in [3.63, 3.8) is 0 Å².